The van der Waals surface area contributed by atoms with Crippen molar-refractivity contribution in [1.29, 1.82) is 0 Å². The maximum Gasteiger partial charge on any atom is 0.313 e. The van der Waals surface area contributed by atoms with Crippen molar-refractivity contribution < 1.29 is 19.8 Å². The molecule has 0 fully saturated rings. The van der Waals surface area contributed by atoms with Gasteiger partial charge in [0.25, 0.3) is 0 Å². The van der Waals surface area contributed by atoms with Crippen LogP contribution in [0.1, 0.15) is 103 Å². The van der Waals surface area contributed by atoms with E-state index in [0.717, 1.165) is 51.4 Å². The van der Waals surface area contributed by atoms with E-state index in [-0.39, 0.29) is 0 Å². The van der Waals surface area contributed by atoms with Gasteiger partial charge in [-0.3, -0.25) is 9.59 Å². The van der Waals surface area contributed by atoms with Crippen molar-refractivity contribution in [3.05, 3.63) is 35.4 Å². The highest BCUT2D eigenvalue weighted by Gasteiger charge is 2.43. The quantitative estimate of drug-likeness (QED) is 0.365. The summed E-state index contributed by atoms with van der Waals surface area (Å²) in [7, 11) is 0. The average Bonchev–Trinajstić information content (AvgIpc) is 2.68. The highest BCUT2D eigenvalue weighted by molar-refractivity contribution is 5.85. The molecule has 0 bridgehead atoms. The van der Waals surface area contributed by atoms with Crippen LogP contribution >= 0.6 is 0 Å². The van der Waals surface area contributed by atoms with Crippen molar-refractivity contribution in [2.45, 2.75) is 103 Å². The summed E-state index contributed by atoms with van der Waals surface area (Å²) in [5.41, 5.74) is -0.853. The fraction of sp³-hybridized carbons (Fsp3) is 0.667. The lowest BCUT2D eigenvalue weighted by Crippen LogP contribution is -2.39. The number of carboxylic acids is 2. The number of aliphatic carboxylic acids is 2. The van der Waals surface area contributed by atoms with Gasteiger partial charge in [0, 0.05) is 0 Å². The number of carbonyl (C=O) groups is 2. The Balaban J connectivity index is 3.29. The Labute approximate surface area is 170 Å². The van der Waals surface area contributed by atoms with Crippen molar-refractivity contribution in [3.63, 3.8) is 0 Å². The molecule has 0 saturated heterocycles. The summed E-state index contributed by atoms with van der Waals surface area (Å²) in [5, 5.41) is 20.1. The highest BCUT2D eigenvalue weighted by Crippen LogP contribution is 2.40. The smallest absolute Gasteiger partial charge is 0.313 e. The minimum absolute atomic E-state index is 0.519. The summed E-state index contributed by atoms with van der Waals surface area (Å²) >= 11 is 0. The molecule has 1 aromatic carbocycles. The van der Waals surface area contributed by atoms with Gasteiger partial charge in [0.2, 0.25) is 0 Å². The topological polar surface area (TPSA) is 74.6 Å². The van der Waals surface area contributed by atoms with Gasteiger partial charge in [-0.05, 0) is 37.8 Å². The molecule has 0 heterocycles. The maximum absolute atomic E-state index is 12.3. The summed E-state index contributed by atoms with van der Waals surface area (Å²) in [5.74, 6) is -1.76. The lowest BCUT2D eigenvalue weighted by atomic mass is 9.68. The Morgan fingerprint density at radius 3 is 1.36 bits per heavy atom. The largest absolute Gasteiger partial charge is 0.481 e. The number of unbranched alkanes of at least 4 members (excludes halogenated alkanes) is 6. The van der Waals surface area contributed by atoms with Gasteiger partial charge in [-0.1, -0.05) is 89.5 Å². The summed E-state index contributed by atoms with van der Waals surface area (Å²) in [6.45, 7) is 7.75. The van der Waals surface area contributed by atoms with Gasteiger partial charge in [-0.2, -0.15) is 0 Å². The molecule has 4 nitrogen and oxygen atoms in total. The molecule has 28 heavy (non-hydrogen) atoms. The summed E-state index contributed by atoms with van der Waals surface area (Å²) in [6.07, 6.45) is 9.03. The average molecular weight is 391 g/mol. The zero-order chi connectivity index (χ0) is 21.2. The zero-order valence-electron chi connectivity index (χ0n) is 18.1. The third kappa shape index (κ3) is 5.83. The van der Waals surface area contributed by atoms with Crippen molar-refractivity contribution >= 4 is 11.9 Å². The van der Waals surface area contributed by atoms with Crippen LogP contribution in [0.5, 0.6) is 0 Å². The van der Waals surface area contributed by atoms with Gasteiger partial charge in [0.05, 0.1) is 10.8 Å². The molecule has 0 radical (unpaired) electrons. The van der Waals surface area contributed by atoms with Crippen LogP contribution in [-0.2, 0) is 20.4 Å². The fourth-order valence-electron chi connectivity index (χ4n) is 3.97. The van der Waals surface area contributed by atoms with Crippen LogP contribution in [0.25, 0.3) is 0 Å². The molecule has 0 amide bonds. The first-order valence-corrected chi connectivity index (χ1v) is 10.8. The zero-order valence-corrected chi connectivity index (χ0v) is 18.1. The lowest BCUT2D eigenvalue weighted by molar-refractivity contribution is -0.145. The Morgan fingerprint density at radius 2 is 1.07 bits per heavy atom. The SMILES string of the molecule is CCCCCCC(C)(C(=O)O)c1ccccc1C(C)(CCCCCC)C(=O)O. The Morgan fingerprint density at radius 1 is 0.714 bits per heavy atom. The summed E-state index contributed by atoms with van der Waals surface area (Å²) in [4.78, 5) is 24.6. The van der Waals surface area contributed by atoms with E-state index >= 15 is 0 Å². The fourth-order valence-corrected chi connectivity index (χ4v) is 3.97. The van der Waals surface area contributed by atoms with Gasteiger partial charge in [-0.25, -0.2) is 0 Å². The van der Waals surface area contributed by atoms with Crippen LogP contribution in [-0.4, -0.2) is 22.2 Å². The maximum atomic E-state index is 12.3. The monoisotopic (exact) mass is 390 g/mol. The lowest BCUT2D eigenvalue weighted by Gasteiger charge is -2.34. The number of hydrogen-bond donors (Lipinski definition) is 2. The number of benzene rings is 1. The van der Waals surface area contributed by atoms with E-state index in [2.05, 4.69) is 13.8 Å². The molecule has 0 saturated carbocycles. The molecule has 2 atom stereocenters. The normalized spacial score (nSPS) is 15.6. The molecule has 0 aliphatic heterocycles. The van der Waals surface area contributed by atoms with Crippen LogP contribution in [0.4, 0.5) is 0 Å². The molecule has 0 aliphatic rings. The Hall–Kier alpha value is -1.84. The van der Waals surface area contributed by atoms with Crippen molar-refractivity contribution in [3.8, 4) is 0 Å². The molecule has 2 unspecified atom stereocenters. The first kappa shape index (κ1) is 24.2. The first-order valence-electron chi connectivity index (χ1n) is 10.8. The number of carboxylic acid groups (broad SMARTS) is 2. The standard InChI is InChI=1S/C24H38O4/c1-5-7-9-13-17-23(3,21(25)26)19-15-11-12-16-20(19)24(4,22(27)28)18-14-10-8-6-2/h11-12,15-16H,5-10,13-14,17-18H2,1-4H3,(H,25,26)(H,27,28). The van der Waals surface area contributed by atoms with E-state index < -0.39 is 22.8 Å². The number of rotatable bonds is 14. The Bertz CT molecular complexity index is 584. The van der Waals surface area contributed by atoms with E-state index in [1.54, 1.807) is 13.8 Å². The highest BCUT2D eigenvalue weighted by atomic mass is 16.4. The second-order valence-corrected chi connectivity index (χ2v) is 8.44. The van der Waals surface area contributed by atoms with Crippen LogP contribution in [0.15, 0.2) is 24.3 Å². The van der Waals surface area contributed by atoms with Gasteiger partial charge in [0.15, 0.2) is 0 Å². The minimum atomic E-state index is -1.08. The van der Waals surface area contributed by atoms with Crippen LogP contribution in [0.2, 0.25) is 0 Å². The number of hydrogen-bond acceptors (Lipinski definition) is 2. The predicted octanol–water partition coefficient (Wildman–Crippen LogP) is 6.31. The van der Waals surface area contributed by atoms with Gasteiger partial charge < -0.3 is 10.2 Å². The van der Waals surface area contributed by atoms with E-state index in [0.29, 0.717) is 24.0 Å². The molecule has 0 spiro atoms. The second kappa shape index (κ2) is 11.2. The summed E-state index contributed by atoms with van der Waals surface area (Å²) in [6, 6.07) is 7.28. The molecular formula is C24H38O4. The molecule has 1 aromatic rings. The molecule has 1 rings (SSSR count). The molecule has 158 valence electrons. The first-order chi connectivity index (χ1) is 13.2. The van der Waals surface area contributed by atoms with Gasteiger partial charge in [-0.15, -0.1) is 0 Å². The van der Waals surface area contributed by atoms with Crippen molar-refractivity contribution in [2.75, 3.05) is 0 Å². The van der Waals surface area contributed by atoms with Crippen LogP contribution < -0.4 is 0 Å². The minimum Gasteiger partial charge on any atom is -0.481 e. The summed E-state index contributed by atoms with van der Waals surface area (Å²) < 4.78 is 0. The van der Waals surface area contributed by atoms with Crippen molar-refractivity contribution in [2.24, 2.45) is 0 Å². The molecule has 4 heteroatoms. The second-order valence-electron chi connectivity index (χ2n) is 8.44. The third-order valence-corrected chi connectivity index (χ3v) is 6.12. The molecule has 0 aromatic heterocycles. The van der Waals surface area contributed by atoms with Crippen LogP contribution in [0.3, 0.4) is 0 Å². The Kier molecular flexibility index (Phi) is 9.71. The van der Waals surface area contributed by atoms with Crippen molar-refractivity contribution in [1.82, 2.24) is 0 Å². The predicted molar refractivity (Wildman–Crippen MR) is 114 cm³/mol. The van der Waals surface area contributed by atoms with E-state index in [9.17, 15) is 19.8 Å². The van der Waals surface area contributed by atoms with Gasteiger partial charge in [0.1, 0.15) is 0 Å². The van der Waals surface area contributed by atoms with E-state index in [1.165, 1.54) is 0 Å². The van der Waals surface area contributed by atoms with Crippen LogP contribution in [0, 0.1) is 0 Å². The molecular weight excluding hydrogens is 352 g/mol. The van der Waals surface area contributed by atoms with E-state index in [1.807, 2.05) is 24.3 Å². The third-order valence-electron chi connectivity index (χ3n) is 6.12. The van der Waals surface area contributed by atoms with E-state index in [4.69, 9.17) is 0 Å². The molecule has 0 aliphatic carbocycles. The van der Waals surface area contributed by atoms with Gasteiger partial charge >= 0.3 is 11.9 Å². The molecule has 2 N–H and O–H groups in total.